The highest BCUT2D eigenvalue weighted by atomic mass is 16.5. The van der Waals surface area contributed by atoms with Gasteiger partial charge < -0.3 is 19.2 Å². The minimum atomic E-state index is -0.0818. The van der Waals surface area contributed by atoms with Crippen LogP contribution in [0.15, 0.2) is 40.9 Å². The van der Waals surface area contributed by atoms with E-state index in [9.17, 15) is 4.79 Å². The summed E-state index contributed by atoms with van der Waals surface area (Å²) in [5, 5.41) is 2.77. The molecule has 28 heavy (non-hydrogen) atoms. The first kappa shape index (κ1) is 18.3. The number of nitrogens with zero attached hydrogens (tertiary/aromatic N) is 2. The molecular formula is C21H23N3O4. The number of nitrogens with one attached hydrogen (secondary N) is 1. The van der Waals surface area contributed by atoms with Crippen LogP contribution in [-0.2, 0) is 4.79 Å². The monoisotopic (exact) mass is 381 g/mol. The highest BCUT2D eigenvalue weighted by molar-refractivity contribution is 5.77. The van der Waals surface area contributed by atoms with Crippen LogP contribution in [0.2, 0.25) is 0 Å². The second kappa shape index (κ2) is 7.88. The fourth-order valence-corrected chi connectivity index (χ4v) is 2.80. The summed E-state index contributed by atoms with van der Waals surface area (Å²) in [6.45, 7) is 4.49. The molecule has 1 unspecified atom stereocenters. The number of oxazole rings is 1. The van der Waals surface area contributed by atoms with Gasteiger partial charge in [0.05, 0.1) is 18.8 Å². The Balaban J connectivity index is 1.41. The summed E-state index contributed by atoms with van der Waals surface area (Å²) in [4.78, 5) is 19.9. The molecule has 1 atom stereocenters. The average Bonchev–Trinajstić information content (AvgIpc) is 3.41. The molecule has 0 spiro atoms. The molecule has 2 aromatic heterocycles. The van der Waals surface area contributed by atoms with Crippen molar-refractivity contribution in [2.75, 3.05) is 13.2 Å². The van der Waals surface area contributed by atoms with Gasteiger partial charge >= 0.3 is 0 Å². The molecule has 4 rings (SSSR count). The molecule has 3 aromatic rings. The van der Waals surface area contributed by atoms with E-state index >= 15 is 0 Å². The first-order valence-corrected chi connectivity index (χ1v) is 9.46. The first-order chi connectivity index (χ1) is 13.6. The van der Waals surface area contributed by atoms with Crippen molar-refractivity contribution < 1.29 is 18.7 Å². The summed E-state index contributed by atoms with van der Waals surface area (Å²) in [6, 6.07) is 9.21. The second-order valence-corrected chi connectivity index (χ2v) is 7.19. The molecule has 0 radical (unpaired) electrons. The molecule has 7 nitrogen and oxygen atoms in total. The number of ether oxygens (including phenoxy) is 2. The van der Waals surface area contributed by atoms with Gasteiger partial charge in [-0.05, 0) is 49.9 Å². The van der Waals surface area contributed by atoms with E-state index in [1.165, 1.54) is 19.8 Å². The molecule has 1 aromatic carbocycles. The van der Waals surface area contributed by atoms with Gasteiger partial charge in [-0.15, -0.1) is 0 Å². The van der Waals surface area contributed by atoms with Crippen molar-refractivity contribution in [1.29, 1.82) is 0 Å². The van der Waals surface area contributed by atoms with Gasteiger partial charge in [-0.1, -0.05) is 0 Å². The van der Waals surface area contributed by atoms with E-state index in [0.717, 1.165) is 17.9 Å². The summed E-state index contributed by atoms with van der Waals surface area (Å²) in [7, 11) is 0. The maximum absolute atomic E-state index is 11.0. The fourth-order valence-electron chi connectivity index (χ4n) is 2.80. The van der Waals surface area contributed by atoms with Crippen LogP contribution in [0.25, 0.3) is 22.7 Å². The van der Waals surface area contributed by atoms with Crippen molar-refractivity contribution in [2.24, 2.45) is 5.92 Å². The Kier molecular flexibility index (Phi) is 5.14. The summed E-state index contributed by atoms with van der Waals surface area (Å²) in [6.07, 6.45) is 4.13. The number of aromatic nitrogens is 2. The van der Waals surface area contributed by atoms with Crippen molar-refractivity contribution in [1.82, 2.24) is 15.3 Å². The Hall–Kier alpha value is -3.09. The van der Waals surface area contributed by atoms with Gasteiger partial charge in [0, 0.05) is 13.0 Å². The van der Waals surface area contributed by atoms with Crippen LogP contribution in [0.4, 0.5) is 0 Å². The maximum Gasteiger partial charge on any atom is 0.246 e. The molecular weight excluding hydrogens is 358 g/mol. The molecule has 146 valence electrons. The molecule has 1 saturated carbocycles. The highest BCUT2D eigenvalue weighted by Gasteiger charge is 2.22. The predicted molar refractivity (Wildman–Crippen MR) is 104 cm³/mol. The normalized spacial score (nSPS) is 14.6. The van der Waals surface area contributed by atoms with E-state index in [1.807, 2.05) is 31.2 Å². The fraction of sp³-hybridized carbons (Fsp3) is 0.381. The Labute approximate surface area is 163 Å². The lowest BCUT2D eigenvalue weighted by Crippen LogP contribution is -2.35. The molecule has 1 aliphatic carbocycles. The van der Waals surface area contributed by atoms with Gasteiger partial charge in [0.15, 0.2) is 5.58 Å². The molecule has 7 heteroatoms. The van der Waals surface area contributed by atoms with E-state index in [4.69, 9.17) is 13.9 Å². The molecule has 0 bridgehead atoms. The number of carbonyl (C=O) groups excluding carboxylic acids is 1. The Morgan fingerprint density at radius 1 is 1.25 bits per heavy atom. The molecule has 1 amide bonds. The van der Waals surface area contributed by atoms with Crippen molar-refractivity contribution in [3.05, 3.63) is 36.5 Å². The third-order valence-corrected chi connectivity index (χ3v) is 4.45. The number of pyridine rings is 1. The number of amides is 1. The van der Waals surface area contributed by atoms with Crippen LogP contribution in [0.3, 0.4) is 0 Å². The smallest absolute Gasteiger partial charge is 0.246 e. The Bertz CT molecular complexity index is 963. The van der Waals surface area contributed by atoms with Crippen molar-refractivity contribution >= 4 is 17.0 Å². The van der Waals surface area contributed by atoms with Crippen LogP contribution >= 0.6 is 0 Å². The summed E-state index contributed by atoms with van der Waals surface area (Å²) < 4.78 is 17.3. The third kappa shape index (κ3) is 4.60. The molecule has 2 heterocycles. The van der Waals surface area contributed by atoms with E-state index in [0.29, 0.717) is 35.4 Å². The van der Waals surface area contributed by atoms with E-state index in [-0.39, 0.29) is 11.9 Å². The Morgan fingerprint density at radius 2 is 2.07 bits per heavy atom. The lowest BCUT2D eigenvalue weighted by molar-refractivity contribution is -0.119. The lowest BCUT2D eigenvalue weighted by atomic mass is 10.3. The summed E-state index contributed by atoms with van der Waals surface area (Å²) in [5.41, 5.74) is 2.06. The van der Waals surface area contributed by atoms with Crippen LogP contribution in [0, 0.1) is 5.92 Å². The van der Waals surface area contributed by atoms with Crippen LogP contribution < -0.4 is 14.8 Å². The lowest BCUT2D eigenvalue weighted by Gasteiger charge is -2.13. The zero-order valence-corrected chi connectivity index (χ0v) is 16.0. The number of carbonyl (C=O) groups is 1. The third-order valence-electron chi connectivity index (χ3n) is 4.45. The average molecular weight is 381 g/mol. The highest BCUT2D eigenvalue weighted by Crippen LogP contribution is 2.31. The van der Waals surface area contributed by atoms with Gasteiger partial charge in [0.25, 0.3) is 0 Å². The van der Waals surface area contributed by atoms with E-state index < -0.39 is 0 Å². The van der Waals surface area contributed by atoms with Crippen LogP contribution in [0.1, 0.15) is 26.7 Å². The van der Waals surface area contributed by atoms with Gasteiger partial charge in [0.1, 0.15) is 29.3 Å². The number of hydrogen-bond acceptors (Lipinski definition) is 6. The molecule has 1 aliphatic rings. The number of rotatable bonds is 8. The largest absolute Gasteiger partial charge is 0.493 e. The van der Waals surface area contributed by atoms with E-state index in [2.05, 4.69) is 15.3 Å². The first-order valence-electron chi connectivity index (χ1n) is 9.46. The summed E-state index contributed by atoms with van der Waals surface area (Å²) in [5.74, 6) is 2.49. The van der Waals surface area contributed by atoms with E-state index in [1.54, 1.807) is 12.3 Å². The minimum Gasteiger partial charge on any atom is -0.493 e. The number of hydrogen-bond donors (Lipinski definition) is 1. The SMILES string of the molecule is CC(=O)NC(C)COc1ccc(-c2nc3ccc(OCC4CC4)cc3o2)nc1. The minimum absolute atomic E-state index is 0.0782. The zero-order valence-electron chi connectivity index (χ0n) is 16.0. The molecule has 1 N–H and O–H groups in total. The molecule has 0 aliphatic heterocycles. The van der Waals surface area contributed by atoms with Gasteiger partial charge in [-0.3, -0.25) is 4.79 Å². The Morgan fingerprint density at radius 3 is 2.79 bits per heavy atom. The van der Waals surface area contributed by atoms with Gasteiger partial charge in [-0.2, -0.15) is 0 Å². The molecule has 0 saturated heterocycles. The van der Waals surface area contributed by atoms with Crippen molar-refractivity contribution in [2.45, 2.75) is 32.7 Å². The van der Waals surface area contributed by atoms with Gasteiger partial charge in [-0.25, -0.2) is 9.97 Å². The standard InChI is InChI=1S/C21H23N3O4/c1-13(23-14(2)25)11-26-17-6-8-19(22-10-17)21-24-18-7-5-16(9-20(18)28-21)27-12-15-3-4-15/h5-10,13,15H,3-4,11-12H2,1-2H3,(H,23,25). The summed E-state index contributed by atoms with van der Waals surface area (Å²) >= 11 is 0. The molecule has 1 fully saturated rings. The topological polar surface area (TPSA) is 86.5 Å². The predicted octanol–water partition coefficient (Wildman–Crippen LogP) is 3.58. The second-order valence-electron chi connectivity index (χ2n) is 7.19. The van der Waals surface area contributed by atoms with Crippen LogP contribution in [-0.4, -0.2) is 35.1 Å². The number of fused-ring (bicyclic) bond motifs is 1. The van der Waals surface area contributed by atoms with Gasteiger partial charge in [0.2, 0.25) is 11.8 Å². The van der Waals surface area contributed by atoms with Crippen molar-refractivity contribution in [3.8, 4) is 23.1 Å². The zero-order chi connectivity index (χ0) is 19.5. The van der Waals surface area contributed by atoms with Crippen LogP contribution in [0.5, 0.6) is 11.5 Å². The number of benzene rings is 1. The quantitative estimate of drug-likeness (QED) is 0.642. The maximum atomic E-state index is 11.0. The van der Waals surface area contributed by atoms with Crippen molar-refractivity contribution in [3.63, 3.8) is 0 Å².